The Balaban J connectivity index is 1.53. The first-order valence-electron chi connectivity index (χ1n) is 10.9. The molecule has 0 aliphatic rings. The van der Waals surface area contributed by atoms with Crippen molar-refractivity contribution in [1.82, 2.24) is 19.4 Å². The van der Waals surface area contributed by atoms with Gasteiger partial charge in [-0.1, -0.05) is 41.9 Å². The molecule has 0 aliphatic carbocycles. The molecule has 35 heavy (non-hydrogen) atoms. The summed E-state index contributed by atoms with van der Waals surface area (Å²) in [5, 5.41) is 13.8. The van der Waals surface area contributed by atoms with E-state index in [1.54, 1.807) is 49.8 Å². The summed E-state index contributed by atoms with van der Waals surface area (Å²) in [5.41, 5.74) is 3.58. The highest BCUT2D eigenvalue weighted by molar-refractivity contribution is 6.33. The minimum Gasteiger partial charge on any atom is -0.444 e. The minimum atomic E-state index is -1.11. The zero-order valence-corrected chi connectivity index (χ0v) is 20.0. The molecule has 1 aromatic carbocycles. The van der Waals surface area contributed by atoms with E-state index in [2.05, 4.69) is 20.3 Å². The lowest BCUT2D eigenvalue weighted by Gasteiger charge is -2.12. The van der Waals surface area contributed by atoms with Crippen LogP contribution in [0.3, 0.4) is 0 Å². The van der Waals surface area contributed by atoms with Crippen LogP contribution < -0.4 is 5.32 Å². The number of rotatable bonds is 5. The number of pyridine rings is 2. The maximum absolute atomic E-state index is 13.2. The third kappa shape index (κ3) is 4.41. The minimum absolute atomic E-state index is 0.104. The van der Waals surface area contributed by atoms with Crippen molar-refractivity contribution in [3.05, 3.63) is 89.4 Å². The average Bonchev–Trinajstić information content (AvgIpc) is 3.48. The van der Waals surface area contributed by atoms with E-state index in [0.717, 1.165) is 11.1 Å². The predicted molar refractivity (Wildman–Crippen MR) is 133 cm³/mol. The Kier molecular flexibility index (Phi) is 5.62. The van der Waals surface area contributed by atoms with Crippen molar-refractivity contribution in [2.24, 2.45) is 0 Å². The third-order valence-electron chi connectivity index (χ3n) is 5.58. The van der Waals surface area contributed by atoms with Gasteiger partial charge in [0.15, 0.2) is 5.69 Å². The van der Waals surface area contributed by atoms with E-state index in [9.17, 15) is 9.90 Å². The van der Waals surface area contributed by atoms with Gasteiger partial charge in [0.1, 0.15) is 17.5 Å². The van der Waals surface area contributed by atoms with Gasteiger partial charge in [-0.15, -0.1) is 0 Å². The molecule has 2 N–H and O–H groups in total. The number of hydrogen-bond donors (Lipinski definition) is 2. The summed E-state index contributed by atoms with van der Waals surface area (Å²) >= 11 is 6.33. The molecule has 1 amide bonds. The molecule has 0 unspecified atom stereocenters. The van der Waals surface area contributed by atoms with Crippen LogP contribution >= 0.6 is 11.6 Å². The molecule has 0 bridgehead atoms. The van der Waals surface area contributed by atoms with E-state index in [-0.39, 0.29) is 11.6 Å². The normalized spacial score (nSPS) is 11.7. The largest absolute Gasteiger partial charge is 0.444 e. The molecule has 0 aliphatic heterocycles. The van der Waals surface area contributed by atoms with E-state index >= 15 is 0 Å². The van der Waals surface area contributed by atoms with Crippen LogP contribution in [0.25, 0.3) is 28.2 Å². The summed E-state index contributed by atoms with van der Waals surface area (Å²) in [7, 11) is 0. The number of nitrogens with one attached hydrogen (secondary N) is 1. The van der Waals surface area contributed by atoms with Gasteiger partial charge < -0.3 is 19.2 Å². The van der Waals surface area contributed by atoms with Crippen LogP contribution in [-0.4, -0.2) is 30.4 Å². The molecule has 5 rings (SSSR count). The third-order valence-corrected chi connectivity index (χ3v) is 6.06. The first-order valence-corrected chi connectivity index (χ1v) is 11.3. The molecule has 5 aromatic rings. The number of carbonyl (C=O) groups excluding carboxylic acids is 1. The fraction of sp³-hybridized carbons (Fsp3) is 0.154. The lowest BCUT2D eigenvalue weighted by atomic mass is 10.1. The highest BCUT2D eigenvalue weighted by atomic mass is 35.5. The van der Waals surface area contributed by atoms with Gasteiger partial charge in [-0.05, 0) is 38.5 Å². The molecule has 0 radical (unpaired) electrons. The summed E-state index contributed by atoms with van der Waals surface area (Å²) in [6.07, 6.45) is 6.40. The van der Waals surface area contributed by atoms with Crippen LogP contribution in [0.4, 0.5) is 5.69 Å². The smallest absolute Gasteiger partial charge is 0.277 e. The Hall–Kier alpha value is -4.01. The molecule has 0 saturated carbocycles. The molecule has 0 fully saturated rings. The van der Waals surface area contributed by atoms with Crippen molar-refractivity contribution in [3.63, 3.8) is 0 Å². The number of aromatic nitrogens is 4. The van der Waals surface area contributed by atoms with E-state index in [0.29, 0.717) is 33.3 Å². The van der Waals surface area contributed by atoms with Gasteiger partial charge >= 0.3 is 0 Å². The summed E-state index contributed by atoms with van der Waals surface area (Å²) in [5.74, 6) is -0.213. The van der Waals surface area contributed by atoms with E-state index in [1.807, 2.05) is 36.4 Å². The first kappa shape index (κ1) is 22.8. The Morgan fingerprint density at radius 1 is 1.11 bits per heavy atom. The molecule has 4 heterocycles. The highest BCUT2D eigenvalue weighted by Crippen LogP contribution is 2.32. The van der Waals surface area contributed by atoms with Crippen LogP contribution in [0.5, 0.6) is 0 Å². The lowest BCUT2D eigenvalue weighted by Crippen LogP contribution is -2.15. The summed E-state index contributed by atoms with van der Waals surface area (Å²) in [6, 6.07) is 13.2. The molecule has 0 atom stereocenters. The molecule has 0 spiro atoms. The quantitative estimate of drug-likeness (QED) is 0.339. The van der Waals surface area contributed by atoms with Crippen LogP contribution in [0, 0.1) is 6.92 Å². The lowest BCUT2D eigenvalue weighted by molar-refractivity contribution is 0.0744. The monoisotopic (exact) mass is 487 g/mol. The molecule has 0 saturated heterocycles. The number of anilines is 1. The predicted octanol–water partition coefficient (Wildman–Crippen LogP) is 5.49. The van der Waals surface area contributed by atoms with Crippen molar-refractivity contribution in [1.29, 1.82) is 0 Å². The number of fused-ring (bicyclic) bond motifs is 1. The Bertz CT molecular complexity index is 1550. The Morgan fingerprint density at radius 3 is 2.63 bits per heavy atom. The number of halogens is 1. The number of amides is 1. The molecular weight excluding hydrogens is 466 g/mol. The zero-order chi connectivity index (χ0) is 24.7. The number of nitrogens with zero attached hydrogens (tertiary/aromatic N) is 4. The SMILES string of the molecule is Cc1nccc(-c2nc(C(=O)Nc3cn4cc(C(C)(C)O)nc4cc3-c3ccccc3)co2)c1Cl. The fourth-order valence-electron chi connectivity index (χ4n) is 3.69. The van der Waals surface area contributed by atoms with Crippen LogP contribution in [-0.2, 0) is 5.60 Å². The maximum Gasteiger partial charge on any atom is 0.277 e. The first-order chi connectivity index (χ1) is 16.7. The van der Waals surface area contributed by atoms with E-state index in [4.69, 9.17) is 16.0 Å². The van der Waals surface area contributed by atoms with Crippen molar-refractivity contribution < 1.29 is 14.3 Å². The second kappa shape index (κ2) is 8.65. The van der Waals surface area contributed by atoms with Crippen molar-refractivity contribution in [3.8, 4) is 22.6 Å². The summed E-state index contributed by atoms with van der Waals surface area (Å²) in [6.45, 7) is 5.13. The maximum atomic E-state index is 13.2. The van der Waals surface area contributed by atoms with Gasteiger partial charge in [-0.25, -0.2) is 9.97 Å². The van der Waals surface area contributed by atoms with E-state index < -0.39 is 11.5 Å². The van der Waals surface area contributed by atoms with Crippen molar-refractivity contribution >= 4 is 28.8 Å². The van der Waals surface area contributed by atoms with Crippen LogP contribution in [0.1, 0.15) is 35.7 Å². The van der Waals surface area contributed by atoms with E-state index in [1.165, 1.54) is 6.26 Å². The molecule has 8 nitrogen and oxygen atoms in total. The summed E-state index contributed by atoms with van der Waals surface area (Å²) < 4.78 is 7.31. The van der Waals surface area contributed by atoms with Crippen LogP contribution in [0.2, 0.25) is 5.02 Å². The molecule has 9 heteroatoms. The molecule has 176 valence electrons. The Morgan fingerprint density at radius 2 is 1.89 bits per heavy atom. The zero-order valence-electron chi connectivity index (χ0n) is 19.3. The van der Waals surface area contributed by atoms with Crippen molar-refractivity contribution in [2.45, 2.75) is 26.4 Å². The van der Waals surface area contributed by atoms with Crippen molar-refractivity contribution in [2.75, 3.05) is 5.32 Å². The van der Waals surface area contributed by atoms with Gasteiger partial charge in [-0.3, -0.25) is 9.78 Å². The number of imidazole rings is 1. The van der Waals surface area contributed by atoms with Crippen LogP contribution in [0.15, 0.2) is 71.7 Å². The number of carbonyl (C=O) groups is 1. The van der Waals surface area contributed by atoms with Gasteiger partial charge in [0.05, 0.1) is 27.7 Å². The number of aliphatic hydroxyl groups is 1. The fourth-order valence-corrected chi connectivity index (χ4v) is 3.88. The number of benzene rings is 1. The number of oxazole rings is 1. The van der Waals surface area contributed by atoms with Gasteiger partial charge in [0.25, 0.3) is 5.91 Å². The Labute approximate surface area is 206 Å². The average molecular weight is 488 g/mol. The van der Waals surface area contributed by atoms with Gasteiger partial charge in [0.2, 0.25) is 5.89 Å². The second-order valence-electron chi connectivity index (χ2n) is 8.67. The summed E-state index contributed by atoms with van der Waals surface area (Å²) in [4.78, 5) is 26.2. The molecule has 4 aromatic heterocycles. The number of hydrogen-bond acceptors (Lipinski definition) is 6. The van der Waals surface area contributed by atoms with Gasteiger partial charge in [-0.2, -0.15) is 0 Å². The standard InChI is InChI=1S/C26H22ClN5O3/c1-15-23(27)17(9-10-28-15)25-30-20(14-35-25)24(33)29-19-12-32-13-21(26(2,3)34)31-22(32)11-18(19)16-7-5-4-6-8-16/h4-14,34H,1-3H3,(H,29,33). The second-order valence-corrected chi connectivity index (χ2v) is 9.05. The highest BCUT2D eigenvalue weighted by Gasteiger charge is 2.22. The topological polar surface area (TPSA) is 106 Å². The number of aryl methyl sites for hydroxylation is 1. The van der Waals surface area contributed by atoms with Gasteiger partial charge in [0, 0.05) is 24.2 Å². The molecular formula is C26H22ClN5O3.